The standard InChI is InChI=1S/C12H12ClN3O2/c1-2-8-5-15-11(18-8)7-16-12(17)9-3-4-14-6-10(9)13/h3-6H,2,7H2,1H3,(H,16,17). The number of pyridine rings is 1. The molecule has 0 saturated heterocycles. The Bertz CT molecular complexity index is 554. The third kappa shape index (κ3) is 2.87. The molecular weight excluding hydrogens is 254 g/mol. The van der Waals surface area contributed by atoms with Gasteiger partial charge in [-0.3, -0.25) is 9.78 Å². The van der Waals surface area contributed by atoms with E-state index in [0.29, 0.717) is 16.5 Å². The Hall–Kier alpha value is -1.88. The predicted octanol–water partition coefficient (Wildman–Crippen LogP) is 2.22. The number of aryl methyl sites for hydroxylation is 1. The minimum Gasteiger partial charge on any atom is -0.444 e. The fourth-order valence-electron chi connectivity index (χ4n) is 1.40. The number of oxazole rings is 1. The van der Waals surface area contributed by atoms with Crippen molar-refractivity contribution in [1.82, 2.24) is 15.3 Å². The van der Waals surface area contributed by atoms with Gasteiger partial charge in [0.2, 0.25) is 5.89 Å². The van der Waals surface area contributed by atoms with Crippen LogP contribution in [0.25, 0.3) is 0 Å². The zero-order chi connectivity index (χ0) is 13.0. The summed E-state index contributed by atoms with van der Waals surface area (Å²) < 4.78 is 5.38. The van der Waals surface area contributed by atoms with Gasteiger partial charge in [-0.25, -0.2) is 4.98 Å². The van der Waals surface area contributed by atoms with Crippen LogP contribution < -0.4 is 5.32 Å². The van der Waals surface area contributed by atoms with E-state index < -0.39 is 0 Å². The van der Waals surface area contributed by atoms with Crippen molar-refractivity contribution in [3.05, 3.63) is 46.9 Å². The summed E-state index contributed by atoms with van der Waals surface area (Å²) in [6.45, 7) is 2.21. The molecule has 0 bridgehead atoms. The molecule has 94 valence electrons. The van der Waals surface area contributed by atoms with Crippen LogP contribution in [0.5, 0.6) is 0 Å². The second-order valence-corrected chi connectivity index (χ2v) is 4.02. The van der Waals surface area contributed by atoms with E-state index in [1.165, 1.54) is 12.4 Å². The summed E-state index contributed by atoms with van der Waals surface area (Å²) in [5.74, 6) is 0.991. The highest BCUT2D eigenvalue weighted by atomic mass is 35.5. The number of nitrogens with zero attached hydrogens (tertiary/aromatic N) is 2. The number of nitrogens with one attached hydrogen (secondary N) is 1. The molecule has 2 aromatic rings. The molecule has 0 aliphatic rings. The van der Waals surface area contributed by atoms with E-state index in [1.807, 2.05) is 6.92 Å². The number of amides is 1. The molecule has 0 aliphatic heterocycles. The predicted molar refractivity (Wildman–Crippen MR) is 66.3 cm³/mol. The maximum absolute atomic E-state index is 11.8. The van der Waals surface area contributed by atoms with Crippen LogP contribution in [0, 0.1) is 0 Å². The first kappa shape index (κ1) is 12.6. The molecule has 0 saturated carbocycles. The van der Waals surface area contributed by atoms with Crippen LogP contribution >= 0.6 is 11.6 Å². The van der Waals surface area contributed by atoms with Crippen molar-refractivity contribution in [2.75, 3.05) is 0 Å². The smallest absolute Gasteiger partial charge is 0.253 e. The lowest BCUT2D eigenvalue weighted by Gasteiger charge is -2.03. The molecule has 0 unspecified atom stereocenters. The van der Waals surface area contributed by atoms with Crippen molar-refractivity contribution in [1.29, 1.82) is 0 Å². The van der Waals surface area contributed by atoms with E-state index in [1.54, 1.807) is 12.3 Å². The normalized spacial score (nSPS) is 10.3. The van der Waals surface area contributed by atoms with Gasteiger partial charge in [0.15, 0.2) is 0 Å². The number of carbonyl (C=O) groups excluding carboxylic acids is 1. The van der Waals surface area contributed by atoms with Crippen molar-refractivity contribution in [2.24, 2.45) is 0 Å². The number of rotatable bonds is 4. The van der Waals surface area contributed by atoms with Crippen molar-refractivity contribution in [3.8, 4) is 0 Å². The molecule has 2 aromatic heterocycles. The zero-order valence-corrected chi connectivity index (χ0v) is 10.6. The van der Waals surface area contributed by atoms with E-state index in [4.69, 9.17) is 16.0 Å². The highest BCUT2D eigenvalue weighted by Crippen LogP contribution is 2.13. The van der Waals surface area contributed by atoms with Crippen molar-refractivity contribution in [2.45, 2.75) is 19.9 Å². The largest absolute Gasteiger partial charge is 0.444 e. The number of aromatic nitrogens is 2. The minimum absolute atomic E-state index is 0.234. The van der Waals surface area contributed by atoms with Gasteiger partial charge in [0.1, 0.15) is 5.76 Å². The Morgan fingerprint density at radius 2 is 2.33 bits per heavy atom. The van der Waals surface area contributed by atoms with Gasteiger partial charge in [0.05, 0.1) is 23.3 Å². The van der Waals surface area contributed by atoms with Crippen LogP contribution in [-0.2, 0) is 13.0 Å². The topological polar surface area (TPSA) is 68.0 Å². The quantitative estimate of drug-likeness (QED) is 0.920. The molecule has 0 fully saturated rings. The number of halogens is 1. The summed E-state index contributed by atoms with van der Waals surface area (Å²) in [5.41, 5.74) is 0.383. The second kappa shape index (κ2) is 5.64. The summed E-state index contributed by atoms with van der Waals surface area (Å²) in [6.07, 6.45) is 5.37. The SMILES string of the molecule is CCc1cnc(CNC(=O)c2ccncc2Cl)o1. The van der Waals surface area contributed by atoms with Crippen LogP contribution in [0.4, 0.5) is 0 Å². The monoisotopic (exact) mass is 265 g/mol. The highest BCUT2D eigenvalue weighted by Gasteiger charge is 2.11. The van der Waals surface area contributed by atoms with Crippen molar-refractivity contribution in [3.63, 3.8) is 0 Å². The van der Waals surface area contributed by atoms with Gasteiger partial charge in [-0.15, -0.1) is 0 Å². The molecule has 2 rings (SSSR count). The molecule has 0 radical (unpaired) electrons. The maximum Gasteiger partial charge on any atom is 0.253 e. The average molecular weight is 266 g/mol. The number of hydrogen-bond donors (Lipinski definition) is 1. The second-order valence-electron chi connectivity index (χ2n) is 3.61. The van der Waals surface area contributed by atoms with Crippen LogP contribution in [0.15, 0.2) is 29.1 Å². The van der Waals surface area contributed by atoms with Gasteiger partial charge >= 0.3 is 0 Å². The summed E-state index contributed by atoms with van der Waals surface area (Å²) in [5, 5.41) is 3.00. The first-order valence-electron chi connectivity index (χ1n) is 5.52. The molecule has 6 heteroatoms. The third-order valence-electron chi connectivity index (χ3n) is 2.37. The third-order valence-corrected chi connectivity index (χ3v) is 2.67. The Labute approximate surface area is 109 Å². The van der Waals surface area contributed by atoms with E-state index in [-0.39, 0.29) is 12.5 Å². The Balaban J connectivity index is 1.98. The molecular formula is C12H12ClN3O2. The summed E-state index contributed by atoms with van der Waals surface area (Å²) in [7, 11) is 0. The Kier molecular flexibility index (Phi) is 3.94. The lowest BCUT2D eigenvalue weighted by atomic mass is 10.2. The molecule has 0 atom stereocenters. The van der Waals surface area contributed by atoms with Crippen molar-refractivity contribution >= 4 is 17.5 Å². The highest BCUT2D eigenvalue weighted by molar-refractivity contribution is 6.33. The van der Waals surface area contributed by atoms with E-state index in [0.717, 1.165) is 12.2 Å². The van der Waals surface area contributed by atoms with Crippen LogP contribution in [-0.4, -0.2) is 15.9 Å². The molecule has 5 nitrogen and oxygen atoms in total. The molecule has 1 amide bonds. The van der Waals surface area contributed by atoms with E-state index >= 15 is 0 Å². The fourth-order valence-corrected chi connectivity index (χ4v) is 1.61. The van der Waals surface area contributed by atoms with Gasteiger partial charge in [0.25, 0.3) is 5.91 Å². The minimum atomic E-state index is -0.279. The zero-order valence-electron chi connectivity index (χ0n) is 9.81. The summed E-state index contributed by atoms with van der Waals surface area (Å²) >= 11 is 5.87. The van der Waals surface area contributed by atoms with Crippen LogP contribution in [0.3, 0.4) is 0 Å². The molecule has 1 N–H and O–H groups in total. The Morgan fingerprint density at radius 1 is 1.50 bits per heavy atom. The average Bonchev–Trinajstić information content (AvgIpc) is 2.84. The molecule has 18 heavy (non-hydrogen) atoms. The van der Waals surface area contributed by atoms with Gasteiger partial charge < -0.3 is 9.73 Å². The lowest BCUT2D eigenvalue weighted by Crippen LogP contribution is -2.23. The lowest BCUT2D eigenvalue weighted by molar-refractivity contribution is 0.0947. The number of carbonyl (C=O) groups is 1. The molecule has 0 spiro atoms. The van der Waals surface area contributed by atoms with E-state index in [9.17, 15) is 4.79 Å². The summed E-state index contributed by atoms with van der Waals surface area (Å²) in [6, 6.07) is 1.56. The van der Waals surface area contributed by atoms with Gasteiger partial charge in [-0.05, 0) is 6.07 Å². The first-order valence-corrected chi connectivity index (χ1v) is 5.89. The first-order chi connectivity index (χ1) is 8.70. The summed E-state index contributed by atoms with van der Waals surface area (Å²) in [4.78, 5) is 19.7. The van der Waals surface area contributed by atoms with E-state index in [2.05, 4.69) is 15.3 Å². The number of hydrogen-bond acceptors (Lipinski definition) is 4. The van der Waals surface area contributed by atoms with Crippen LogP contribution in [0.2, 0.25) is 5.02 Å². The van der Waals surface area contributed by atoms with Gasteiger partial charge in [0, 0.05) is 18.8 Å². The molecule has 0 aromatic carbocycles. The molecule has 2 heterocycles. The van der Waals surface area contributed by atoms with Gasteiger partial charge in [-0.1, -0.05) is 18.5 Å². The van der Waals surface area contributed by atoms with Crippen LogP contribution in [0.1, 0.15) is 28.9 Å². The fraction of sp³-hybridized carbons (Fsp3) is 0.250. The molecule has 0 aliphatic carbocycles. The van der Waals surface area contributed by atoms with Crippen molar-refractivity contribution < 1.29 is 9.21 Å². The Morgan fingerprint density at radius 3 is 3.00 bits per heavy atom. The maximum atomic E-state index is 11.8. The van der Waals surface area contributed by atoms with Gasteiger partial charge in [-0.2, -0.15) is 0 Å².